The molecule has 5 rings (SSSR count). The van der Waals surface area contributed by atoms with E-state index in [0.29, 0.717) is 17.5 Å². The lowest BCUT2D eigenvalue weighted by atomic mass is 9.81. The zero-order chi connectivity index (χ0) is 22.7. The maximum absolute atomic E-state index is 13.3. The van der Waals surface area contributed by atoms with Gasteiger partial charge in [0, 0.05) is 48.7 Å². The molecule has 2 fully saturated rings. The van der Waals surface area contributed by atoms with Crippen molar-refractivity contribution in [2.45, 2.75) is 59.0 Å². The summed E-state index contributed by atoms with van der Waals surface area (Å²) < 4.78 is 5.68. The number of para-hydroxylation sites is 1. The van der Waals surface area contributed by atoms with Crippen molar-refractivity contribution in [3.05, 3.63) is 41.1 Å². The highest BCUT2D eigenvalue weighted by Crippen LogP contribution is 2.55. The van der Waals surface area contributed by atoms with Crippen LogP contribution in [0.1, 0.15) is 61.6 Å². The number of rotatable bonds is 3. The third-order valence-corrected chi connectivity index (χ3v) is 7.89. The Labute approximate surface area is 189 Å². The van der Waals surface area contributed by atoms with Crippen LogP contribution in [-0.4, -0.2) is 59.4 Å². The molecule has 2 atom stereocenters. The lowest BCUT2D eigenvalue weighted by Gasteiger charge is -2.40. The highest BCUT2D eigenvalue weighted by Gasteiger charge is 2.53. The molecule has 1 aromatic carbocycles. The largest absolute Gasteiger partial charge is 0.452 e. The topological polar surface area (TPSA) is 62.7 Å². The number of aromatic nitrogens is 1. The number of carbonyl (C=O) groups excluding carboxylic acids is 2. The summed E-state index contributed by atoms with van der Waals surface area (Å²) in [4.78, 5) is 35.4. The number of esters is 1. The lowest BCUT2D eigenvalue weighted by molar-refractivity contribution is -0.140. The molecule has 0 spiro atoms. The van der Waals surface area contributed by atoms with E-state index in [4.69, 9.17) is 9.72 Å². The zero-order valence-electron chi connectivity index (χ0n) is 19.6. The first-order chi connectivity index (χ1) is 15.2. The van der Waals surface area contributed by atoms with Gasteiger partial charge in [0.2, 0.25) is 0 Å². The van der Waals surface area contributed by atoms with Gasteiger partial charge in [-0.05, 0) is 43.2 Å². The molecule has 2 unspecified atom stereocenters. The molecule has 6 nitrogen and oxygen atoms in total. The minimum absolute atomic E-state index is 0.0790. The minimum atomic E-state index is -0.420. The summed E-state index contributed by atoms with van der Waals surface area (Å²) in [6.45, 7) is 8.97. The van der Waals surface area contributed by atoms with Gasteiger partial charge in [0.05, 0.1) is 11.1 Å². The average molecular weight is 436 g/mol. The fourth-order valence-corrected chi connectivity index (χ4v) is 6.44. The number of likely N-dealkylation sites (tertiary alicyclic amines) is 1. The first kappa shape index (κ1) is 21.4. The second kappa shape index (κ2) is 7.55. The van der Waals surface area contributed by atoms with E-state index in [1.165, 1.54) is 0 Å². The van der Waals surface area contributed by atoms with Crippen molar-refractivity contribution >= 4 is 22.8 Å². The number of amides is 1. The Kier molecular flexibility index (Phi) is 5.04. The number of benzene rings is 1. The van der Waals surface area contributed by atoms with Gasteiger partial charge in [-0.15, -0.1) is 0 Å². The number of fused-ring (bicyclic) bond motifs is 4. The molecule has 2 bridgehead atoms. The highest BCUT2D eigenvalue weighted by molar-refractivity contribution is 6.05. The average Bonchev–Trinajstić information content (AvgIpc) is 2.93. The van der Waals surface area contributed by atoms with Gasteiger partial charge in [-0.1, -0.05) is 39.0 Å². The van der Waals surface area contributed by atoms with Crippen LogP contribution in [0, 0.1) is 10.8 Å². The Bertz CT molecular complexity index is 1100. The Morgan fingerprint density at radius 3 is 2.78 bits per heavy atom. The number of likely N-dealkylation sites (N-methyl/N-ethyl adjacent to an activating group) is 1. The summed E-state index contributed by atoms with van der Waals surface area (Å²) in [5.74, 6) is -0.499. The van der Waals surface area contributed by atoms with Gasteiger partial charge in [-0.25, -0.2) is 4.79 Å². The Hall–Kier alpha value is -2.47. The van der Waals surface area contributed by atoms with E-state index in [9.17, 15) is 9.59 Å². The molecule has 1 amide bonds. The third kappa shape index (κ3) is 3.58. The number of piperidine rings is 1. The van der Waals surface area contributed by atoms with Crippen LogP contribution in [-0.2, 0) is 22.5 Å². The standard InChI is InChI=1S/C26H33N3O3/c1-25(2)16-26(3)10-12-29(21(25)13-26)22(30)15-32-24(31)23-17-7-5-6-8-19(17)27-20-9-11-28(4)14-18(20)23/h5-8,21H,9-16H2,1-4H3. The predicted octanol–water partition coefficient (Wildman–Crippen LogP) is 3.81. The normalized spacial score (nSPS) is 26.8. The van der Waals surface area contributed by atoms with Crippen LogP contribution in [0.15, 0.2) is 24.3 Å². The van der Waals surface area contributed by atoms with Crippen LogP contribution in [0.2, 0.25) is 0 Å². The molecule has 170 valence electrons. The number of ether oxygens (including phenoxy) is 1. The van der Waals surface area contributed by atoms with Gasteiger partial charge in [0.25, 0.3) is 5.91 Å². The molecule has 2 aromatic rings. The van der Waals surface area contributed by atoms with Crippen LogP contribution in [0.4, 0.5) is 0 Å². The maximum Gasteiger partial charge on any atom is 0.339 e. The van der Waals surface area contributed by atoms with E-state index in [-0.39, 0.29) is 24.0 Å². The lowest BCUT2D eigenvalue weighted by Crippen LogP contribution is -2.49. The Morgan fingerprint density at radius 2 is 1.97 bits per heavy atom. The van der Waals surface area contributed by atoms with Crippen LogP contribution in [0.25, 0.3) is 10.9 Å². The number of pyridine rings is 1. The Balaban J connectivity index is 1.38. The quantitative estimate of drug-likeness (QED) is 0.686. The van der Waals surface area contributed by atoms with Crippen molar-refractivity contribution in [1.29, 1.82) is 0 Å². The smallest absolute Gasteiger partial charge is 0.339 e. The summed E-state index contributed by atoms with van der Waals surface area (Å²) in [7, 11) is 2.05. The second-order valence-corrected chi connectivity index (χ2v) is 11.0. The summed E-state index contributed by atoms with van der Waals surface area (Å²) in [5.41, 5.74) is 3.68. The van der Waals surface area contributed by atoms with Crippen LogP contribution >= 0.6 is 0 Å². The van der Waals surface area contributed by atoms with Crippen molar-refractivity contribution < 1.29 is 14.3 Å². The maximum atomic E-state index is 13.3. The SMILES string of the molecule is CN1CCc2nc3ccccc3c(C(=O)OCC(=O)N3CCC4(C)CC3C(C)(C)C4)c2C1. The highest BCUT2D eigenvalue weighted by atomic mass is 16.5. The Morgan fingerprint density at radius 1 is 1.19 bits per heavy atom. The van der Waals surface area contributed by atoms with Crippen molar-refractivity contribution in [3.63, 3.8) is 0 Å². The number of hydrogen-bond donors (Lipinski definition) is 0. The molecule has 3 aliphatic rings. The molecular formula is C26H33N3O3. The van der Waals surface area contributed by atoms with E-state index in [2.05, 4.69) is 25.7 Å². The first-order valence-electron chi connectivity index (χ1n) is 11.7. The number of nitrogens with zero attached hydrogens (tertiary/aromatic N) is 3. The van der Waals surface area contributed by atoms with Crippen LogP contribution in [0.3, 0.4) is 0 Å². The van der Waals surface area contributed by atoms with E-state index < -0.39 is 5.97 Å². The molecule has 0 N–H and O–H groups in total. The molecule has 0 radical (unpaired) electrons. The summed E-state index contributed by atoms with van der Waals surface area (Å²) in [6.07, 6.45) is 3.99. The minimum Gasteiger partial charge on any atom is -0.452 e. The molecule has 3 heterocycles. The summed E-state index contributed by atoms with van der Waals surface area (Å²) >= 11 is 0. The summed E-state index contributed by atoms with van der Waals surface area (Å²) in [5, 5.41) is 0.796. The molecule has 32 heavy (non-hydrogen) atoms. The molecule has 6 heteroatoms. The van der Waals surface area contributed by atoms with Crippen LogP contribution < -0.4 is 0 Å². The predicted molar refractivity (Wildman–Crippen MR) is 123 cm³/mol. The van der Waals surface area contributed by atoms with Crippen molar-refractivity contribution in [1.82, 2.24) is 14.8 Å². The van der Waals surface area contributed by atoms with Crippen molar-refractivity contribution in [3.8, 4) is 0 Å². The number of hydrogen-bond acceptors (Lipinski definition) is 5. The molecule has 1 aromatic heterocycles. The van der Waals surface area contributed by atoms with E-state index >= 15 is 0 Å². The number of carbonyl (C=O) groups is 2. The van der Waals surface area contributed by atoms with Crippen molar-refractivity contribution in [2.75, 3.05) is 26.7 Å². The molecular weight excluding hydrogens is 402 g/mol. The van der Waals surface area contributed by atoms with E-state index in [1.54, 1.807) is 0 Å². The van der Waals surface area contributed by atoms with Gasteiger partial charge in [0.1, 0.15) is 0 Å². The van der Waals surface area contributed by atoms with Gasteiger partial charge in [0.15, 0.2) is 6.61 Å². The molecule has 2 aliphatic heterocycles. The van der Waals surface area contributed by atoms with Gasteiger partial charge >= 0.3 is 5.97 Å². The van der Waals surface area contributed by atoms with E-state index in [0.717, 1.165) is 60.9 Å². The molecule has 1 aliphatic carbocycles. The fourth-order valence-electron chi connectivity index (χ4n) is 6.44. The van der Waals surface area contributed by atoms with Gasteiger partial charge < -0.3 is 14.5 Å². The third-order valence-electron chi connectivity index (χ3n) is 7.89. The van der Waals surface area contributed by atoms with Gasteiger partial charge in [-0.3, -0.25) is 9.78 Å². The summed E-state index contributed by atoms with van der Waals surface area (Å²) in [6, 6.07) is 7.92. The van der Waals surface area contributed by atoms with Gasteiger partial charge in [-0.2, -0.15) is 0 Å². The van der Waals surface area contributed by atoms with Crippen LogP contribution in [0.5, 0.6) is 0 Å². The molecule has 1 saturated carbocycles. The first-order valence-corrected chi connectivity index (χ1v) is 11.7. The van der Waals surface area contributed by atoms with Crippen molar-refractivity contribution in [2.24, 2.45) is 10.8 Å². The monoisotopic (exact) mass is 435 g/mol. The fraction of sp³-hybridized carbons (Fsp3) is 0.577. The second-order valence-electron chi connectivity index (χ2n) is 11.0. The van der Waals surface area contributed by atoms with E-state index in [1.807, 2.05) is 36.2 Å². The zero-order valence-corrected chi connectivity index (χ0v) is 19.6. The molecule has 1 saturated heterocycles.